The Labute approximate surface area is 197 Å². The van der Waals surface area contributed by atoms with Crippen LogP contribution in [0.2, 0.25) is 0 Å². The number of unbranched alkanes of at least 4 members (excludes halogenated alkanes) is 8. The van der Waals surface area contributed by atoms with Crippen LogP contribution in [0, 0.1) is 0 Å². The largest absolute Gasteiger partial charge is 0.170 e. The Bertz CT molecular complexity index is 613. The Morgan fingerprint density at radius 3 is 1.17 bits per heavy atom. The van der Waals surface area contributed by atoms with Crippen LogP contribution in [0.25, 0.3) is 0 Å². The molecule has 0 nitrogen and oxygen atoms in total. The lowest BCUT2D eigenvalue weighted by Crippen LogP contribution is -2.01. The molecule has 30 heavy (non-hydrogen) atoms. The topological polar surface area (TPSA) is 0 Å². The van der Waals surface area contributed by atoms with Crippen molar-refractivity contribution in [2.24, 2.45) is 0 Å². The van der Waals surface area contributed by atoms with Gasteiger partial charge in [0.05, 0.1) is 0 Å². The van der Waals surface area contributed by atoms with E-state index >= 15 is 0 Å². The van der Waals surface area contributed by atoms with Gasteiger partial charge in [0, 0.05) is 10.5 Å². The number of hydrogen-bond acceptors (Lipinski definition) is 2. The van der Waals surface area contributed by atoms with Gasteiger partial charge in [0.15, 0.2) is 0 Å². The molecule has 0 spiro atoms. The van der Waals surface area contributed by atoms with E-state index in [1.807, 2.05) is 0 Å². The van der Waals surface area contributed by atoms with Gasteiger partial charge in [-0.15, -0.1) is 0 Å². The van der Waals surface area contributed by atoms with Crippen LogP contribution in [0.4, 0.5) is 0 Å². The van der Waals surface area contributed by atoms with E-state index in [1.165, 1.54) is 99.3 Å². The molecule has 0 heterocycles. The molecule has 0 radical (unpaired) electrons. The van der Waals surface area contributed by atoms with Gasteiger partial charge in [-0.25, -0.2) is 0 Å². The molecule has 2 unspecified atom stereocenters. The second-order valence-electron chi connectivity index (χ2n) is 8.70. The second kappa shape index (κ2) is 15.0. The number of rotatable bonds is 15. The number of thiol groups is 2. The third-order valence-corrected chi connectivity index (χ3v) is 7.51. The van der Waals surface area contributed by atoms with Crippen LogP contribution < -0.4 is 0 Å². The summed E-state index contributed by atoms with van der Waals surface area (Å²) in [6.45, 7) is 4.54. The molecule has 166 valence electrons. The van der Waals surface area contributed by atoms with E-state index < -0.39 is 0 Å². The summed E-state index contributed by atoms with van der Waals surface area (Å²) in [5, 5.41) is 0.207. The van der Waals surface area contributed by atoms with Crippen molar-refractivity contribution >= 4 is 25.3 Å². The first-order chi connectivity index (χ1) is 14.7. The second-order valence-corrected chi connectivity index (χ2v) is 9.81. The molecule has 0 aliphatic heterocycles. The zero-order valence-corrected chi connectivity index (χ0v) is 20.9. The van der Waals surface area contributed by atoms with Crippen LogP contribution in [-0.2, 0) is 12.8 Å². The fourth-order valence-corrected chi connectivity index (χ4v) is 4.68. The molecule has 0 fully saturated rings. The van der Waals surface area contributed by atoms with Gasteiger partial charge < -0.3 is 0 Å². The average Bonchev–Trinajstić information content (AvgIpc) is 2.79. The third kappa shape index (κ3) is 9.10. The van der Waals surface area contributed by atoms with Crippen molar-refractivity contribution in [1.29, 1.82) is 0 Å². The Morgan fingerprint density at radius 1 is 0.500 bits per heavy atom. The molecular weight excluding hydrogens is 400 g/mol. The van der Waals surface area contributed by atoms with E-state index in [-0.39, 0.29) is 10.5 Å². The van der Waals surface area contributed by atoms with E-state index in [2.05, 4.69) is 62.4 Å². The Balaban J connectivity index is 1.82. The maximum absolute atomic E-state index is 4.91. The fraction of sp³-hybridized carbons (Fsp3) is 0.571. The van der Waals surface area contributed by atoms with E-state index in [1.54, 1.807) is 0 Å². The van der Waals surface area contributed by atoms with Crippen molar-refractivity contribution in [2.45, 2.75) is 101 Å². The van der Waals surface area contributed by atoms with Crippen molar-refractivity contribution < 1.29 is 0 Å². The summed E-state index contributed by atoms with van der Waals surface area (Å²) in [6.07, 6.45) is 15.7. The van der Waals surface area contributed by atoms with E-state index in [9.17, 15) is 0 Å². The summed E-state index contributed by atoms with van der Waals surface area (Å²) >= 11 is 9.82. The minimum Gasteiger partial charge on any atom is -0.170 e. The Kier molecular flexibility index (Phi) is 12.7. The summed E-state index contributed by atoms with van der Waals surface area (Å²) in [5.41, 5.74) is 5.39. The minimum atomic E-state index is 0.104. The average molecular weight is 443 g/mol. The van der Waals surface area contributed by atoms with E-state index in [4.69, 9.17) is 25.3 Å². The zero-order chi connectivity index (χ0) is 21.6. The maximum atomic E-state index is 4.91. The highest BCUT2D eigenvalue weighted by atomic mass is 32.1. The predicted octanol–water partition coefficient (Wildman–Crippen LogP) is 9.35. The lowest BCUT2D eigenvalue weighted by Gasteiger charge is -2.20. The zero-order valence-electron chi connectivity index (χ0n) is 19.2. The van der Waals surface area contributed by atoms with Gasteiger partial charge >= 0.3 is 0 Å². The number of hydrogen-bond donors (Lipinski definition) is 2. The van der Waals surface area contributed by atoms with Gasteiger partial charge in [-0.05, 0) is 47.9 Å². The smallest absolute Gasteiger partial charge is 0.0424 e. The van der Waals surface area contributed by atoms with Gasteiger partial charge in [0.2, 0.25) is 0 Å². The van der Waals surface area contributed by atoms with Crippen molar-refractivity contribution in [3.05, 3.63) is 70.8 Å². The van der Waals surface area contributed by atoms with Crippen LogP contribution in [0.5, 0.6) is 0 Å². The molecule has 2 aromatic carbocycles. The highest BCUT2D eigenvalue weighted by molar-refractivity contribution is 7.84. The molecule has 2 atom stereocenters. The van der Waals surface area contributed by atoms with Crippen LogP contribution in [0.15, 0.2) is 48.5 Å². The molecule has 0 aliphatic rings. The lowest BCUT2D eigenvalue weighted by molar-refractivity contribution is 0.632. The van der Waals surface area contributed by atoms with Crippen molar-refractivity contribution in [3.8, 4) is 0 Å². The summed E-state index contributed by atoms with van der Waals surface area (Å²) in [7, 11) is 0. The first-order valence-electron chi connectivity index (χ1n) is 12.2. The minimum absolute atomic E-state index is 0.104. The van der Waals surface area contributed by atoms with E-state index in [0.29, 0.717) is 0 Å². The number of aryl methyl sites for hydroxylation is 2. The van der Waals surface area contributed by atoms with Crippen LogP contribution in [-0.4, -0.2) is 0 Å². The molecule has 0 saturated heterocycles. The summed E-state index contributed by atoms with van der Waals surface area (Å²) in [4.78, 5) is 0. The van der Waals surface area contributed by atoms with E-state index in [0.717, 1.165) is 0 Å². The first kappa shape index (κ1) is 25.4. The maximum Gasteiger partial charge on any atom is 0.0424 e. The molecule has 0 saturated carbocycles. The Hall–Kier alpha value is -0.860. The molecule has 0 aromatic heterocycles. The van der Waals surface area contributed by atoms with Gasteiger partial charge in [-0.1, -0.05) is 114 Å². The van der Waals surface area contributed by atoms with Gasteiger partial charge in [0.25, 0.3) is 0 Å². The first-order valence-corrected chi connectivity index (χ1v) is 13.2. The number of benzene rings is 2. The lowest BCUT2D eigenvalue weighted by atomic mass is 9.98. The predicted molar refractivity (Wildman–Crippen MR) is 141 cm³/mol. The standard InChI is InChI=1S/C28H42S2/c1-3-5-7-9-11-13-23-15-19-25(20-16-23)27(29)28(30)26-21-17-24(18-22-26)14-12-10-8-6-4-2/h15-22,27-30H,3-14H2,1-2H3. The molecule has 0 aliphatic carbocycles. The van der Waals surface area contributed by atoms with Gasteiger partial charge in [0.1, 0.15) is 0 Å². The highest BCUT2D eigenvalue weighted by Gasteiger charge is 2.18. The van der Waals surface area contributed by atoms with Crippen molar-refractivity contribution in [1.82, 2.24) is 0 Å². The summed E-state index contributed by atoms with van der Waals surface area (Å²) < 4.78 is 0. The summed E-state index contributed by atoms with van der Waals surface area (Å²) in [5.74, 6) is 0. The molecule has 2 heteroatoms. The third-order valence-electron chi connectivity index (χ3n) is 6.08. The Morgan fingerprint density at radius 2 is 0.833 bits per heavy atom. The van der Waals surface area contributed by atoms with Crippen LogP contribution >= 0.6 is 25.3 Å². The van der Waals surface area contributed by atoms with Gasteiger partial charge in [-0.3, -0.25) is 0 Å². The molecule has 0 bridgehead atoms. The highest BCUT2D eigenvalue weighted by Crippen LogP contribution is 2.39. The fourth-order valence-electron chi connectivity index (χ4n) is 3.99. The molecule has 2 rings (SSSR count). The molecule has 2 aromatic rings. The van der Waals surface area contributed by atoms with Crippen LogP contribution in [0.3, 0.4) is 0 Å². The molecule has 0 amide bonds. The monoisotopic (exact) mass is 442 g/mol. The quantitative estimate of drug-likeness (QED) is 0.199. The SMILES string of the molecule is CCCCCCCc1ccc(C(S)C(S)c2ccc(CCCCCCC)cc2)cc1. The van der Waals surface area contributed by atoms with Crippen LogP contribution in [0.1, 0.15) is 111 Å². The van der Waals surface area contributed by atoms with Gasteiger partial charge in [-0.2, -0.15) is 25.3 Å². The van der Waals surface area contributed by atoms with Crippen molar-refractivity contribution in [2.75, 3.05) is 0 Å². The molecular formula is C28H42S2. The summed E-state index contributed by atoms with van der Waals surface area (Å²) in [6, 6.07) is 18.1. The normalized spacial score (nSPS) is 13.3. The van der Waals surface area contributed by atoms with Crippen molar-refractivity contribution in [3.63, 3.8) is 0 Å². The molecule has 0 N–H and O–H groups in total.